The van der Waals surface area contributed by atoms with Crippen molar-refractivity contribution < 1.29 is 25.2 Å². The van der Waals surface area contributed by atoms with Crippen molar-refractivity contribution in [3.63, 3.8) is 0 Å². The lowest BCUT2D eigenvalue weighted by molar-refractivity contribution is -0.132. The van der Waals surface area contributed by atoms with Crippen LogP contribution in [0.25, 0.3) is 0 Å². The van der Waals surface area contributed by atoms with E-state index in [-0.39, 0.29) is 0 Å². The van der Waals surface area contributed by atoms with E-state index in [1.807, 2.05) is 0 Å². The topological polar surface area (TPSA) is 110 Å². The van der Waals surface area contributed by atoms with Crippen molar-refractivity contribution in [2.45, 2.75) is 199 Å². The van der Waals surface area contributed by atoms with E-state index in [0.717, 1.165) is 51.4 Å². The molecule has 6 nitrogen and oxygen atoms in total. The van der Waals surface area contributed by atoms with Crippen LogP contribution in [-0.2, 0) is 4.79 Å². The fraction of sp³-hybridized carbons (Fsp3) is 0.865. The van der Waals surface area contributed by atoms with Gasteiger partial charge in [0, 0.05) is 0 Å². The molecule has 0 rings (SSSR count). The highest BCUT2D eigenvalue weighted by Gasteiger charge is 2.28. The number of aliphatic hydroxyl groups excluding tert-OH is 4. The Kier molecular flexibility index (Phi) is 31.3. The van der Waals surface area contributed by atoms with Gasteiger partial charge in [-0.25, -0.2) is 0 Å². The molecule has 0 aliphatic heterocycles. The number of rotatable bonds is 32. The van der Waals surface area contributed by atoms with Crippen LogP contribution in [0.5, 0.6) is 0 Å². The van der Waals surface area contributed by atoms with Crippen LogP contribution in [0.4, 0.5) is 0 Å². The Morgan fingerprint density at radius 2 is 0.977 bits per heavy atom. The molecule has 0 fully saturated rings. The molecule has 0 radical (unpaired) electrons. The van der Waals surface area contributed by atoms with Gasteiger partial charge in [0.1, 0.15) is 12.2 Å². The smallest absolute Gasteiger partial charge is 0.249 e. The largest absolute Gasteiger partial charge is 0.394 e. The van der Waals surface area contributed by atoms with Gasteiger partial charge < -0.3 is 25.7 Å². The average Bonchev–Trinajstić information content (AvgIpc) is 3.01. The van der Waals surface area contributed by atoms with Crippen LogP contribution in [0.2, 0.25) is 0 Å². The van der Waals surface area contributed by atoms with Gasteiger partial charge in [-0.3, -0.25) is 4.79 Å². The first kappa shape index (κ1) is 41.8. The van der Waals surface area contributed by atoms with Crippen LogP contribution in [0.15, 0.2) is 24.3 Å². The van der Waals surface area contributed by atoms with Gasteiger partial charge in [-0.15, -0.1) is 0 Å². The maximum Gasteiger partial charge on any atom is 0.249 e. The second-order valence-corrected chi connectivity index (χ2v) is 12.6. The highest BCUT2D eigenvalue weighted by atomic mass is 16.3. The van der Waals surface area contributed by atoms with Crippen molar-refractivity contribution >= 4 is 5.91 Å². The summed E-state index contributed by atoms with van der Waals surface area (Å²) in [6, 6.07) is -1.00. The third kappa shape index (κ3) is 26.9. The van der Waals surface area contributed by atoms with Crippen LogP contribution in [0.1, 0.15) is 174 Å². The number of allylic oxidation sites excluding steroid dienone is 4. The molecule has 0 aromatic rings. The van der Waals surface area contributed by atoms with Gasteiger partial charge in [0.05, 0.1) is 18.8 Å². The van der Waals surface area contributed by atoms with E-state index >= 15 is 0 Å². The molecule has 254 valence electrons. The zero-order chi connectivity index (χ0) is 31.8. The number of hydrogen-bond acceptors (Lipinski definition) is 5. The Balaban J connectivity index is 3.84. The van der Waals surface area contributed by atoms with E-state index in [2.05, 4.69) is 43.5 Å². The molecule has 0 aromatic carbocycles. The van der Waals surface area contributed by atoms with Crippen LogP contribution >= 0.6 is 0 Å². The number of carbonyl (C=O) groups excluding carboxylic acids is 1. The molecule has 0 saturated carbocycles. The molecular weight excluding hydrogens is 538 g/mol. The van der Waals surface area contributed by atoms with E-state index in [1.165, 1.54) is 96.3 Å². The predicted octanol–water partition coefficient (Wildman–Crippen LogP) is 8.45. The molecule has 0 spiro atoms. The van der Waals surface area contributed by atoms with E-state index < -0.39 is 36.9 Å². The Morgan fingerprint density at radius 1 is 0.558 bits per heavy atom. The molecule has 4 atom stereocenters. The van der Waals surface area contributed by atoms with Crippen molar-refractivity contribution in [3.05, 3.63) is 24.3 Å². The summed E-state index contributed by atoms with van der Waals surface area (Å²) in [5, 5.41) is 43.2. The molecule has 1 amide bonds. The van der Waals surface area contributed by atoms with Crippen molar-refractivity contribution in [3.8, 4) is 0 Å². The Labute approximate surface area is 265 Å². The maximum atomic E-state index is 12.4. The summed E-state index contributed by atoms with van der Waals surface area (Å²) in [6.45, 7) is 3.95. The van der Waals surface area contributed by atoms with E-state index in [0.29, 0.717) is 12.8 Å². The SMILES string of the molecule is CCCC/C=C\CCCCCC(O)C(=O)NC(CO)C(O)C(O)CCC/C=C/CCCCCCCCCCCCCCC. The molecule has 0 aliphatic carbocycles. The van der Waals surface area contributed by atoms with Crippen LogP contribution in [0.3, 0.4) is 0 Å². The van der Waals surface area contributed by atoms with Gasteiger partial charge in [-0.05, 0) is 57.8 Å². The Bertz CT molecular complexity index is 653. The lowest BCUT2D eigenvalue weighted by Gasteiger charge is -2.27. The first-order chi connectivity index (χ1) is 21.0. The monoisotopic (exact) mass is 610 g/mol. The predicted molar refractivity (Wildman–Crippen MR) is 182 cm³/mol. The molecule has 0 aromatic heterocycles. The molecule has 0 bridgehead atoms. The van der Waals surface area contributed by atoms with Crippen molar-refractivity contribution in [2.75, 3.05) is 6.61 Å². The Morgan fingerprint density at radius 3 is 1.47 bits per heavy atom. The zero-order valence-corrected chi connectivity index (χ0v) is 28.2. The van der Waals surface area contributed by atoms with E-state index in [1.54, 1.807) is 0 Å². The highest BCUT2D eigenvalue weighted by Crippen LogP contribution is 2.14. The van der Waals surface area contributed by atoms with Crippen molar-refractivity contribution in [1.82, 2.24) is 5.32 Å². The number of unbranched alkanes of at least 4 members (excludes halogenated alkanes) is 19. The normalized spacial score (nSPS) is 14.8. The third-order valence-electron chi connectivity index (χ3n) is 8.38. The minimum absolute atomic E-state index is 0.341. The van der Waals surface area contributed by atoms with E-state index in [4.69, 9.17) is 0 Å². The van der Waals surface area contributed by atoms with Gasteiger partial charge in [0.25, 0.3) is 0 Å². The quantitative estimate of drug-likeness (QED) is 0.0388. The van der Waals surface area contributed by atoms with Crippen LogP contribution in [-0.4, -0.2) is 57.3 Å². The van der Waals surface area contributed by atoms with Gasteiger partial charge >= 0.3 is 0 Å². The zero-order valence-electron chi connectivity index (χ0n) is 28.2. The summed E-state index contributed by atoms with van der Waals surface area (Å²) in [5.41, 5.74) is 0. The maximum absolute atomic E-state index is 12.4. The van der Waals surface area contributed by atoms with Gasteiger partial charge in [-0.1, -0.05) is 141 Å². The molecule has 6 heteroatoms. The fourth-order valence-electron chi connectivity index (χ4n) is 5.38. The van der Waals surface area contributed by atoms with Crippen molar-refractivity contribution in [1.29, 1.82) is 0 Å². The molecule has 0 saturated heterocycles. The molecule has 0 aliphatic rings. The second kappa shape index (κ2) is 32.2. The molecule has 0 heterocycles. The number of carbonyl (C=O) groups is 1. The summed E-state index contributed by atoms with van der Waals surface area (Å²) < 4.78 is 0. The summed E-state index contributed by atoms with van der Waals surface area (Å²) >= 11 is 0. The van der Waals surface area contributed by atoms with Gasteiger partial charge in [-0.2, -0.15) is 0 Å². The molecule has 43 heavy (non-hydrogen) atoms. The minimum atomic E-state index is -1.28. The van der Waals surface area contributed by atoms with Crippen LogP contribution < -0.4 is 5.32 Å². The number of nitrogens with one attached hydrogen (secondary N) is 1. The minimum Gasteiger partial charge on any atom is -0.394 e. The highest BCUT2D eigenvalue weighted by molar-refractivity contribution is 5.80. The molecular formula is C37H71NO5. The van der Waals surface area contributed by atoms with Crippen LogP contribution in [0, 0.1) is 0 Å². The third-order valence-corrected chi connectivity index (χ3v) is 8.38. The first-order valence-corrected chi connectivity index (χ1v) is 18.2. The number of aliphatic hydroxyl groups is 4. The van der Waals surface area contributed by atoms with Gasteiger partial charge in [0.15, 0.2) is 0 Å². The number of amides is 1. The van der Waals surface area contributed by atoms with E-state index in [9.17, 15) is 25.2 Å². The average molecular weight is 610 g/mol. The lowest BCUT2D eigenvalue weighted by atomic mass is 10.00. The summed E-state index contributed by atoms with van der Waals surface area (Å²) in [6.07, 6.45) is 33.6. The summed E-state index contributed by atoms with van der Waals surface area (Å²) in [7, 11) is 0. The standard InChI is InChI=1S/C37H71NO5/c1-3-5-7-9-11-13-14-15-16-17-18-19-20-21-23-24-26-28-30-34(40)36(42)33(32-39)38-37(43)35(41)31-29-27-25-22-12-10-8-6-4-2/h10,12,23-24,33-36,39-42H,3-9,11,13-22,25-32H2,1-2H3,(H,38,43)/b12-10-,24-23+. The molecule has 5 N–H and O–H groups in total. The fourth-order valence-corrected chi connectivity index (χ4v) is 5.38. The lowest BCUT2D eigenvalue weighted by Crippen LogP contribution is -2.53. The molecule has 4 unspecified atom stereocenters. The second-order valence-electron chi connectivity index (χ2n) is 12.6. The Hall–Kier alpha value is -1.21. The van der Waals surface area contributed by atoms with Gasteiger partial charge in [0.2, 0.25) is 5.91 Å². The summed E-state index contributed by atoms with van der Waals surface area (Å²) in [5.74, 6) is -0.610. The van der Waals surface area contributed by atoms with Crippen molar-refractivity contribution in [2.24, 2.45) is 0 Å². The summed E-state index contributed by atoms with van der Waals surface area (Å²) in [4.78, 5) is 12.4. The number of hydrogen-bond donors (Lipinski definition) is 5. The first-order valence-electron chi connectivity index (χ1n) is 18.2.